The van der Waals surface area contributed by atoms with Gasteiger partial charge >= 0.3 is 12.3 Å². The standard InChI is InChI=1S/C21H21F4N3O5S/c22-16-4-6-18(7-5-16)32-13-10-26-20(29)33-27-17-8-11-28(12-9-17)34(30,31)19-3-1-2-15(14-19)21(23,24)25/h1-7,14H,8-13H2,(H,26,29). The van der Waals surface area contributed by atoms with E-state index in [1.54, 1.807) is 0 Å². The monoisotopic (exact) mass is 503 g/mol. The first kappa shape index (κ1) is 25.4. The van der Waals surface area contributed by atoms with Crippen LogP contribution in [0, 0.1) is 5.82 Å². The van der Waals surface area contributed by atoms with Gasteiger partial charge in [-0.1, -0.05) is 11.2 Å². The van der Waals surface area contributed by atoms with Crippen LogP contribution in [0.3, 0.4) is 0 Å². The largest absolute Gasteiger partial charge is 0.492 e. The lowest BCUT2D eigenvalue weighted by molar-refractivity contribution is -0.137. The van der Waals surface area contributed by atoms with Gasteiger partial charge in [0.25, 0.3) is 0 Å². The molecule has 184 valence electrons. The summed E-state index contributed by atoms with van der Waals surface area (Å²) >= 11 is 0. The highest BCUT2D eigenvalue weighted by Crippen LogP contribution is 2.31. The van der Waals surface area contributed by atoms with Crippen LogP contribution in [0.25, 0.3) is 0 Å². The summed E-state index contributed by atoms with van der Waals surface area (Å²) in [5.41, 5.74) is -0.608. The third-order valence-electron chi connectivity index (χ3n) is 4.81. The van der Waals surface area contributed by atoms with Crippen LogP contribution in [-0.2, 0) is 21.0 Å². The van der Waals surface area contributed by atoms with Crippen molar-refractivity contribution in [2.75, 3.05) is 26.2 Å². The van der Waals surface area contributed by atoms with Crippen molar-refractivity contribution in [3.05, 3.63) is 59.9 Å². The van der Waals surface area contributed by atoms with Crippen molar-refractivity contribution in [3.63, 3.8) is 0 Å². The lowest BCUT2D eigenvalue weighted by atomic mass is 10.1. The number of halogens is 4. The summed E-state index contributed by atoms with van der Waals surface area (Å²) in [6.07, 6.45) is -5.19. The van der Waals surface area contributed by atoms with Gasteiger partial charge in [0.15, 0.2) is 0 Å². The molecule has 8 nitrogen and oxygen atoms in total. The molecule has 0 bridgehead atoms. The van der Waals surface area contributed by atoms with E-state index < -0.39 is 38.6 Å². The molecule has 34 heavy (non-hydrogen) atoms. The van der Waals surface area contributed by atoms with Gasteiger partial charge in [0, 0.05) is 25.9 Å². The first-order valence-corrected chi connectivity index (χ1v) is 11.6. The maximum Gasteiger partial charge on any atom is 0.433 e. The number of hydrogen-bond donors (Lipinski definition) is 1. The summed E-state index contributed by atoms with van der Waals surface area (Å²) in [6, 6.07) is 8.93. The van der Waals surface area contributed by atoms with Crippen LogP contribution in [0.4, 0.5) is 22.4 Å². The average Bonchev–Trinajstić information content (AvgIpc) is 2.81. The van der Waals surface area contributed by atoms with Crippen LogP contribution < -0.4 is 10.1 Å². The van der Waals surface area contributed by atoms with Gasteiger partial charge in [0.1, 0.15) is 18.2 Å². The number of rotatable bonds is 7. The molecular weight excluding hydrogens is 482 g/mol. The van der Waals surface area contributed by atoms with Gasteiger partial charge in [0.05, 0.1) is 22.7 Å². The zero-order chi connectivity index (χ0) is 24.8. The quantitative estimate of drug-likeness (QED) is 0.268. The van der Waals surface area contributed by atoms with E-state index in [-0.39, 0.29) is 39.1 Å². The third kappa shape index (κ3) is 6.90. The van der Waals surface area contributed by atoms with E-state index in [1.807, 2.05) is 0 Å². The first-order chi connectivity index (χ1) is 16.1. The predicted octanol–water partition coefficient (Wildman–Crippen LogP) is 3.79. The van der Waals surface area contributed by atoms with Gasteiger partial charge in [-0.05, 0) is 42.5 Å². The molecule has 1 amide bonds. The molecule has 3 rings (SSSR count). The number of nitrogens with one attached hydrogen (secondary N) is 1. The van der Waals surface area contributed by atoms with Crippen LogP contribution >= 0.6 is 0 Å². The number of alkyl halides is 3. The molecule has 0 saturated carbocycles. The second kappa shape index (κ2) is 10.8. The van der Waals surface area contributed by atoms with Gasteiger partial charge in [0.2, 0.25) is 10.0 Å². The minimum absolute atomic E-state index is 0.0199. The molecule has 2 aromatic rings. The van der Waals surface area contributed by atoms with Crippen LogP contribution in [0.15, 0.2) is 58.6 Å². The summed E-state index contributed by atoms with van der Waals surface area (Å²) in [5.74, 6) is 0.0379. The van der Waals surface area contributed by atoms with Crippen molar-refractivity contribution in [1.82, 2.24) is 9.62 Å². The summed E-state index contributed by atoms with van der Waals surface area (Å²) in [5, 5.41) is 6.13. The highest BCUT2D eigenvalue weighted by Gasteiger charge is 2.33. The SMILES string of the molecule is O=C(NCCOc1ccc(F)cc1)ON=C1CCN(S(=O)(=O)c2cccc(C(F)(F)F)c2)CC1. The molecular formula is C21H21F4N3O5S. The van der Waals surface area contributed by atoms with Gasteiger partial charge in [-0.15, -0.1) is 0 Å². The summed E-state index contributed by atoms with van der Waals surface area (Å²) in [6.45, 7) is 0.172. The summed E-state index contributed by atoms with van der Waals surface area (Å²) in [7, 11) is -4.12. The molecule has 13 heteroatoms. The van der Waals surface area contributed by atoms with Gasteiger partial charge in [-0.25, -0.2) is 17.6 Å². The maximum absolute atomic E-state index is 12.9. The first-order valence-electron chi connectivity index (χ1n) is 10.1. The number of sulfonamides is 1. The fraction of sp³-hybridized carbons (Fsp3) is 0.333. The van der Waals surface area contributed by atoms with Crippen molar-refractivity contribution in [2.45, 2.75) is 23.9 Å². The van der Waals surface area contributed by atoms with Crippen molar-refractivity contribution >= 4 is 21.8 Å². The smallest absolute Gasteiger partial charge is 0.433 e. The maximum atomic E-state index is 12.9. The van der Waals surface area contributed by atoms with E-state index in [2.05, 4.69) is 10.5 Å². The minimum Gasteiger partial charge on any atom is -0.492 e. The van der Waals surface area contributed by atoms with E-state index in [0.717, 1.165) is 22.5 Å². The molecule has 0 spiro atoms. The molecule has 2 aromatic carbocycles. The second-order valence-corrected chi connectivity index (χ2v) is 9.13. The fourth-order valence-corrected chi connectivity index (χ4v) is 4.54. The molecule has 1 saturated heterocycles. The molecule has 0 unspecified atom stereocenters. The van der Waals surface area contributed by atoms with Gasteiger partial charge < -0.3 is 10.1 Å². The Morgan fingerprint density at radius 3 is 2.41 bits per heavy atom. The topological polar surface area (TPSA) is 97.3 Å². The highest BCUT2D eigenvalue weighted by atomic mass is 32.2. The lowest BCUT2D eigenvalue weighted by Crippen LogP contribution is -2.39. The summed E-state index contributed by atoms with van der Waals surface area (Å²) < 4.78 is 83.3. The number of piperidine rings is 1. The van der Waals surface area contributed by atoms with E-state index in [1.165, 1.54) is 24.3 Å². The fourth-order valence-electron chi connectivity index (χ4n) is 3.05. The predicted molar refractivity (Wildman–Crippen MR) is 113 cm³/mol. The average molecular weight is 503 g/mol. The lowest BCUT2D eigenvalue weighted by Gasteiger charge is -2.26. The second-order valence-electron chi connectivity index (χ2n) is 7.20. The third-order valence-corrected chi connectivity index (χ3v) is 6.70. The number of hydrogen-bond acceptors (Lipinski definition) is 6. The number of benzene rings is 2. The molecule has 1 fully saturated rings. The number of nitrogens with zero attached hydrogens (tertiary/aromatic N) is 2. The Kier molecular flexibility index (Phi) is 8.10. The van der Waals surface area contributed by atoms with E-state index in [0.29, 0.717) is 17.5 Å². The molecule has 1 aliphatic heterocycles. The van der Waals surface area contributed by atoms with Crippen LogP contribution in [0.5, 0.6) is 5.75 Å². The molecule has 0 radical (unpaired) electrons. The minimum atomic E-state index is -4.65. The molecule has 0 aliphatic carbocycles. The van der Waals surface area contributed by atoms with Gasteiger partial charge in [-0.2, -0.15) is 17.5 Å². The Balaban J connectivity index is 1.44. The molecule has 0 aromatic heterocycles. The highest BCUT2D eigenvalue weighted by molar-refractivity contribution is 7.89. The van der Waals surface area contributed by atoms with Crippen LogP contribution in [0.1, 0.15) is 18.4 Å². The zero-order valence-electron chi connectivity index (χ0n) is 17.7. The van der Waals surface area contributed by atoms with Crippen molar-refractivity contribution in [3.8, 4) is 5.75 Å². The Morgan fingerprint density at radius 1 is 1.09 bits per heavy atom. The van der Waals surface area contributed by atoms with Crippen molar-refractivity contribution in [1.29, 1.82) is 0 Å². The molecule has 1 aliphatic rings. The Hall–Kier alpha value is -3.19. The Bertz CT molecular complexity index is 1130. The Labute approximate surface area is 193 Å². The van der Waals surface area contributed by atoms with Crippen molar-refractivity contribution in [2.24, 2.45) is 5.16 Å². The van der Waals surface area contributed by atoms with E-state index >= 15 is 0 Å². The van der Waals surface area contributed by atoms with Crippen LogP contribution in [0.2, 0.25) is 0 Å². The Morgan fingerprint density at radius 2 is 1.76 bits per heavy atom. The van der Waals surface area contributed by atoms with Crippen molar-refractivity contribution < 1.29 is 40.3 Å². The van der Waals surface area contributed by atoms with Gasteiger partial charge in [-0.3, -0.25) is 4.84 Å². The molecule has 1 N–H and O–H groups in total. The van der Waals surface area contributed by atoms with E-state index in [9.17, 15) is 30.8 Å². The number of carbonyl (C=O) groups excluding carboxylic acids is 1. The molecule has 1 heterocycles. The van der Waals surface area contributed by atoms with Crippen LogP contribution in [-0.4, -0.2) is 50.8 Å². The summed E-state index contributed by atoms with van der Waals surface area (Å²) in [4.78, 5) is 16.0. The number of oxime groups is 1. The number of ether oxygens (including phenoxy) is 1. The number of amides is 1. The zero-order valence-corrected chi connectivity index (χ0v) is 18.5. The molecule has 0 atom stereocenters. The number of carbonyl (C=O) groups is 1. The normalized spacial score (nSPS) is 15.0. The van der Waals surface area contributed by atoms with E-state index in [4.69, 9.17) is 9.57 Å².